The van der Waals surface area contributed by atoms with Gasteiger partial charge in [0, 0.05) is 25.7 Å². The molecule has 0 aromatic heterocycles. The third-order valence-corrected chi connectivity index (χ3v) is 20.3. The number of hydrogen-bond donors (Lipinski definition) is 3. The summed E-state index contributed by atoms with van der Waals surface area (Å²) >= 11 is 0. The molecule has 3 unspecified atom stereocenters. The van der Waals surface area contributed by atoms with E-state index in [1.807, 2.05) is 0 Å². The Kier molecular flexibility index (Phi) is 68.7. The predicted molar refractivity (Wildman–Crippen MR) is 391 cm³/mol. The van der Waals surface area contributed by atoms with Crippen LogP contribution in [0.25, 0.3) is 0 Å². The maximum absolute atomic E-state index is 13.1. The molecular formula is C77H150O17P2. The van der Waals surface area contributed by atoms with Gasteiger partial charge < -0.3 is 33.8 Å². The number of aliphatic hydroxyl groups is 1. The lowest BCUT2D eigenvalue weighted by Gasteiger charge is -2.21. The van der Waals surface area contributed by atoms with Crippen molar-refractivity contribution in [3.63, 3.8) is 0 Å². The molecule has 0 bridgehead atoms. The molecule has 19 heteroatoms. The average molecular weight is 1410 g/mol. The van der Waals surface area contributed by atoms with Crippen LogP contribution in [0.1, 0.15) is 407 Å². The van der Waals surface area contributed by atoms with E-state index in [0.717, 1.165) is 102 Å². The molecule has 0 aliphatic heterocycles. The van der Waals surface area contributed by atoms with E-state index in [0.29, 0.717) is 25.7 Å². The third kappa shape index (κ3) is 69.2. The lowest BCUT2D eigenvalue weighted by Crippen LogP contribution is -2.30. The van der Waals surface area contributed by atoms with Gasteiger partial charge in [0.15, 0.2) is 12.2 Å². The molecule has 0 heterocycles. The molecule has 570 valence electrons. The molecule has 0 rings (SSSR count). The van der Waals surface area contributed by atoms with E-state index in [1.54, 1.807) is 0 Å². The molecule has 17 nitrogen and oxygen atoms in total. The van der Waals surface area contributed by atoms with Gasteiger partial charge in [-0.2, -0.15) is 0 Å². The topological polar surface area (TPSA) is 237 Å². The van der Waals surface area contributed by atoms with E-state index < -0.39 is 97.5 Å². The standard InChI is InChI=1S/C77H150O17P2/c1-6-10-13-16-19-22-24-26-28-30-31-33-35-37-42-47-52-57-62-76(81)94-73(67-88-75(80)61-56-51-46-41-36-34-32-29-27-25-23-20-17-14-11-7-2)69-92-96(85,86)90-65-71(78)64-89-95(83,84)91-68-72(66-87-74(79)60-55-50-45-21-18-15-12-8-3)93-77(82)63-58-53-48-43-39-38-40-44-49-54-59-70(5)9-4/h70-73,78H,6-69H2,1-5H3,(H,83,84)(H,85,86)/t70?,71-,72+,73+/m0/s1. The van der Waals surface area contributed by atoms with E-state index >= 15 is 0 Å². The van der Waals surface area contributed by atoms with E-state index in [-0.39, 0.29) is 25.7 Å². The van der Waals surface area contributed by atoms with E-state index in [1.165, 1.54) is 225 Å². The quantitative estimate of drug-likeness (QED) is 0.0222. The number of ether oxygens (including phenoxy) is 4. The molecule has 0 amide bonds. The molecule has 96 heavy (non-hydrogen) atoms. The second-order valence-electron chi connectivity index (χ2n) is 28.0. The first-order chi connectivity index (χ1) is 46.6. The average Bonchev–Trinajstić information content (AvgIpc) is 1.90. The van der Waals surface area contributed by atoms with Crippen LogP contribution in [0.3, 0.4) is 0 Å². The Bertz CT molecular complexity index is 1840. The summed E-state index contributed by atoms with van der Waals surface area (Å²) in [4.78, 5) is 72.8. The fourth-order valence-electron chi connectivity index (χ4n) is 11.8. The maximum atomic E-state index is 13.1. The molecule has 3 N–H and O–H groups in total. The normalized spacial score (nSPS) is 14.2. The second kappa shape index (κ2) is 70.1. The number of hydrogen-bond acceptors (Lipinski definition) is 15. The highest BCUT2D eigenvalue weighted by Crippen LogP contribution is 2.45. The Morgan fingerprint density at radius 2 is 0.500 bits per heavy atom. The molecular weight excluding hydrogens is 1260 g/mol. The lowest BCUT2D eigenvalue weighted by molar-refractivity contribution is -0.161. The van der Waals surface area contributed by atoms with Gasteiger partial charge in [-0.3, -0.25) is 37.3 Å². The van der Waals surface area contributed by atoms with Gasteiger partial charge in [-0.25, -0.2) is 9.13 Å². The molecule has 0 spiro atoms. The van der Waals surface area contributed by atoms with Crippen molar-refractivity contribution in [1.29, 1.82) is 0 Å². The van der Waals surface area contributed by atoms with Crippen molar-refractivity contribution in [2.75, 3.05) is 39.6 Å². The van der Waals surface area contributed by atoms with E-state index in [4.69, 9.17) is 37.0 Å². The summed E-state index contributed by atoms with van der Waals surface area (Å²) in [5.41, 5.74) is 0. The van der Waals surface area contributed by atoms with Crippen molar-refractivity contribution in [3.8, 4) is 0 Å². The van der Waals surface area contributed by atoms with Crippen molar-refractivity contribution >= 4 is 39.5 Å². The van der Waals surface area contributed by atoms with Gasteiger partial charge in [0.05, 0.1) is 26.4 Å². The third-order valence-electron chi connectivity index (χ3n) is 18.4. The Labute approximate surface area is 588 Å². The summed E-state index contributed by atoms with van der Waals surface area (Å²) in [5.74, 6) is -1.31. The van der Waals surface area contributed by atoms with Crippen LogP contribution in [-0.4, -0.2) is 96.7 Å². The van der Waals surface area contributed by atoms with Crippen LogP contribution in [-0.2, 0) is 65.4 Å². The van der Waals surface area contributed by atoms with Crippen LogP contribution in [0, 0.1) is 5.92 Å². The number of phosphoric acid groups is 2. The summed E-state index contributed by atoms with van der Waals surface area (Å²) in [6.07, 6.45) is 59.6. The van der Waals surface area contributed by atoms with Gasteiger partial charge in [0.1, 0.15) is 19.3 Å². The first kappa shape index (κ1) is 94.1. The summed E-state index contributed by atoms with van der Waals surface area (Å²) in [5, 5.41) is 10.6. The van der Waals surface area contributed by atoms with Gasteiger partial charge >= 0.3 is 39.5 Å². The number of esters is 4. The number of phosphoric ester groups is 2. The van der Waals surface area contributed by atoms with Crippen molar-refractivity contribution in [3.05, 3.63) is 0 Å². The van der Waals surface area contributed by atoms with Crippen LogP contribution in [0.5, 0.6) is 0 Å². The van der Waals surface area contributed by atoms with Gasteiger partial charge in [0.2, 0.25) is 0 Å². The number of carbonyl (C=O) groups excluding carboxylic acids is 4. The largest absolute Gasteiger partial charge is 0.472 e. The van der Waals surface area contributed by atoms with Crippen LogP contribution in [0.15, 0.2) is 0 Å². The van der Waals surface area contributed by atoms with E-state index in [2.05, 4.69) is 34.6 Å². The number of carbonyl (C=O) groups is 4. The van der Waals surface area contributed by atoms with Crippen molar-refractivity contribution < 1.29 is 80.2 Å². The molecule has 0 radical (unpaired) electrons. The highest BCUT2D eigenvalue weighted by Gasteiger charge is 2.30. The lowest BCUT2D eigenvalue weighted by atomic mass is 9.99. The highest BCUT2D eigenvalue weighted by molar-refractivity contribution is 7.47. The molecule has 0 saturated heterocycles. The zero-order chi connectivity index (χ0) is 70.5. The van der Waals surface area contributed by atoms with Gasteiger partial charge in [-0.1, -0.05) is 356 Å². The van der Waals surface area contributed by atoms with Crippen LogP contribution in [0.2, 0.25) is 0 Å². The number of rotatable bonds is 77. The molecule has 0 aliphatic carbocycles. The Morgan fingerprint density at radius 3 is 0.740 bits per heavy atom. The minimum absolute atomic E-state index is 0.106. The van der Waals surface area contributed by atoms with Gasteiger partial charge in [-0.05, 0) is 31.6 Å². The fourth-order valence-corrected chi connectivity index (χ4v) is 13.4. The van der Waals surface area contributed by atoms with E-state index in [9.17, 15) is 43.2 Å². The molecule has 0 aliphatic rings. The first-order valence-corrected chi connectivity index (χ1v) is 43.2. The maximum Gasteiger partial charge on any atom is 0.472 e. The summed E-state index contributed by atoms with van der Waals surface area (Å²) in [6.45, 7) is 7.30. The van der Waals surface area contributed by atoms with Crippen molar-refractivity contribution in [2.24, 2.45) is 5.92 Å². The number of unbranched alkanes of at least 4 members (excludes halogenated alkanes) is 48. The smallest absolute Gasteiger partial charge is 0.462 e. The summed E-state index contributed by atoms with van der Waals surface area (Å²) < 4.78 is 68.5. The predicted octanol–water partition coefficient (Wildman–Crippen LogP) is 22.9. The van der Waals surface area contributed by atoms with Crippen molar-refractivity contribution in [2.45, 2.75) is 425 Å². The summed E-state index contributed by atoms with van der Waals surface area (Å²) in [7, 11) is -9.91. The SMILES string of the molecule is CCCCCCCCCCCCCCCCCCCCC(=O)O[C@H](COC(=O)CCCCCCCCCCCCCCCCCC)COP(=O)(O)OC[C@@H](O)COP(=O)(O)OC[C@@H](COC(=O)CCCCCCCCCC)OC(=O)CCCCCCCCCCCCC(C)CC. The highest BCUT2D eigenvalue weighted by atomic mass is 31.2. The zero-order valence-corrected chi connectivity index (χ0v) is 64.3. The Morgan fingerprint density at radius 1 is 0.292 bits per heavy atom. The zero-order valence-electron chi connectivity index (χ0n) is 62.5. The molecule has 0 saturated carbocycles. The summed E-state index contributed by atoms with van der Waals surface area (Å²) in [6, 6.07) is 0. The van der Waals surface area contributed by atoms with Crippen LogP contribution < -0.4 is 0 Å². The van der Waals surface area contributed by atoms with Crippen molar-refractivity contribution in [1.82, 2.24) is 0 Å². The molecule has 0 aromatic rings. The minimum Gasteiger partial charge on any atom is -0.462 e. The van der Waals surface area contributed by atoms with Gasteiger partial charge in [-0.15, -0.1) is 0 Å². The minimum atomic E-state index is -4.96. The second-order valence-corrected chi connectivity index (χ2v) is 30.9. The molecule has 6 atom stereocenters. The first-order valence-electron chi connectivity index (χ1n) is 40.2. The molecule has 0 aromatic carbocycles. The van der Waals surface area contributed by atoms with Crippen LogP contribution >= 0.6 is 15.6 Å². The van der Waals surface area contributed by atoms with Crippen LogP contribution in [0.4, 0.5) is 0 Å². The Hall–Kier alpha value is -1.94. The fraction of sp³-hybridized carbons (Fsp3) is 0.948. The number of aliphatic hydroxyl groups excluding tert-OH is 1. The monoisotopic (exact) mass is 1410 g/mol. The Balaban J connectivity index is 5.21. The van der Waals surface area contributed by atoms with Gasteiger partial charge in [0.25, 0.3) is 0 Å². The molecule has 0 fully saturated rings.